The molecular formula is C7H11ClN2O2S. The molecule has 0 saturated heterocycles. The summed E-state index contributed by atoms with van der Waals surface area (Å²) in [6, 6.07) is 0. The topological polar surface area (TPSA) is 48.2 Å². The van der Waals surface area contributed by atoms with Gasteiger partial charge in [-0.3, -0.25) is 0 Å². The maximum absolute atomic E-state index is 5.43. The first-order valence-corrected chi connectivity index (χ1v) is 5.41. The van der Waals surface area contributed by atoms with Crippen LogP contribution in [0.5, 0.6) is 0 Å². The molecule has 0 N–H and O–H groups in total. The summed E-state index contributed by atoms with van der Waals surface area (Å²) in [6.45, 7) is 3.00. The monoisotopic (exact) mass is 222 g/mol. The number of ether oxygens (including phenoxy) is 1. The number of hydrogen-bond acceptors (Lipinski definition) is 5. The van der Waals surface area contributed by atoms with Crippen molar-refractivity contribution in [2.45, 2.75) is 12.1 Å². The maximum Gasteiger partial charge on any atom is 0.276 e. The third-order valence-electron chi connectivity index (χ3n) is 1.18. The summed E-state index contributed by atoms with van der Waals surface area (Å²) in [6.07, 6.45) is 0. The number of nitrogens with zero attached hydrogens (tertiary/aromatic N) is 2. The predicted octanol–water partition coefficient (Wildman–Crippen LogP) is 1.73. The Labute approximate surface area is 86.0 Å². The van der Waals surface area contributed by atoms with Crippen LogP contribution in [-0.2, 0) is 4.74 Å². The average Bonchev–Trinajstić information content (AvgIpc) is 2.51. The van der Waals surface area contributed by atoms with Crippen LogP contribution in [0, 0.1) is 6.92 Å². The van der Waals surface area contributed by atoms with E-state index in [0.29, 0.717) is 30.2 Å². The Hall–Kier alpha value is -0.260. The van der Waals surface area contributed by atoms with Crippen LogP contribution in [0.3, 0.4) is 0 Å². The van der Waals surface area contributed by atoms with Gasteiger partial charge < -0.3 is 9.15 Å². The molecule has 1 aromatic rings. The smallest absolute Gasteiger partial charge is 0.276 e. The number of aromatic nitrogens is 2. The van der Waals surface area contributed by atoms with Gasteiger partial charge in [0.05, 0.1) is 13.2 Å². The van der Waals surface area contributed by atoms with E-state index in [0.717, 1.165) is 5.75 Å². The Morgan fingerprint density at radius 2 is 2.31 bits per heavy atom. The molecule has 0 bridgehead atoms. The zero-order valence-corrected chi connectivity index (χ0v) is 8.90. The summed E-state index contributed by atoms with van der Waals surface area (Å²) >= 11 is 6.91. The summed E-state index contributed by atoms with van der Waals surface area (Å²) in [5, 5.41) is 8.12. The number of hydrogen-bond donors (Lipinski definition) is 0. The van der Waals surface area contributed by atoms with Gasteiger partial charge in [-0.25, -0.2) is 0 Å². The lowest BCUT2D eigenvalue weighted by Gasteiger charge is -1.98. The molecule has 0 aliphatic carbocycles. The second-order valence-corrected chi connectivity index (χ2v) is 3.66. The van der Waals surface area contributed by atoms with Gasteiger partial charge in [0, 0.05) is 18.6 Å². The highest BCUT2D eigenvalue weighted by atomic mass is 35.5. The molecule has 0 spiro atoms. The van der Waals surface area contributed by atoms with E-state index in [-0.39, 0.29) is 0 Å². The summed E-state index contributed by atoms with van der Waals surface area (Å²) in [5.41, 5.74) is 0. The first-order valence-electron chi connectivity index (χ1n) is 3.89. The van der Waals surface area contributed by atoms with Crippen molar-refractivity contribution in [3.8, 4) is 0 Å². The van der Waals surface area contributed by atoms with Crippen molar-refractivity contribution in [2.75, 3.05) is 24.8 Å². The molecule has 0 saturated carbocycles. The number of halogens is 1. The highest BCUT2D eigenvalue weighted by Crippen LogP contribution is 2.14. The minimum atomic E-state index is 0.532. The second-order valence-electron chi connectivity index (χ2n) is 2.24. The Morgan fingerprint density at radius 1 is 1.46 bits per heavy atom. The van der Waals surface area contributed by atoms with Gasteiger partial charge in [-0.15, -0.1) is 21.8 Å². The molecule has 0 fully saturated rings. The number of aryl methyl sites for hydroxylation is 1. The van der Waals surface area contributed by atoms with Crippen LogP contribution in [0.15, 0.2) is 9.64 Å². The average molecular weight is 223 g/mol. The molecule has 0 aliphatic heterocycles. The Kier molecular flexibility index (Phi) is 5.19. The molecule has 13 heavy (non-hydrogen) atoms. The molecule has 1 aromatic heterocycles. The van der Waals surface area contributed by atoms with Crippen LogP contribution < -0.4 is 0 Å². The highest BCUT2D eigenvalue weighted by molar-refractivity contribution is 7.99. The van der Waals surface area contributed by atoms with E-state index in [1.807, 2.05) is 0 Å². The first kappa shape index (κ1) is 10.8. The first-order chi connectivity index (χ1) is 6.33. The molecule has 0 atom stereocenters. The molecular weight excluding hydrogens is 212 g/mol. The standard InChI is InChI=1S/C7H11ClN2O2S/c1-6-9-10-7(12-6)13-5-4-11-3-2-8/h2-5H2,1H3. The van der Waals surface area contributed by atoms with Crippen LogP contribution in [0.2, 0.25) is 0 Å². The van der Waals surface area contributed by atoms with Crippen LogP contribution >= 0.6 is 23.4 Å². The van der Waals surface area contributed by atoms with Gasteiger partial charge in [-0.05, 0) is 0 Å². The van der Waals surface area contributed by atoms with Crippen molar-refractivity contribution < 1.29 is 9.15 Å². The molecule has 1 rings (SSSR count). The maximum atomic E-state index is 5.43. The Bertz CT molecular complexity index is 244. The van der Waals surface area contributed by atoms with Crippen LogP contribution in [0.25, 0.3) is 0 Å². The minimum Gasteiger partial charge on any atom is -0.416 e. The number of thioether (sulfide) groups is 1. The van der Waals surface area contributed by atoms with Crippen molar-refractivity contribution in [1.82, 2.24) is 10.2 Å². The fraction of sp³-hybridized carbons (Fsp3) is 0.714. The molecule has 0 aromatic carbocycles. The molecule has 1 heterocycles. The van der Waals surface area contributed by atoms with E-state index in [1.54, 1.807) is 6.92 Å². The summed E-state index contributed by atoms with van der Waals surface area (Å²) in [5.74, 6) is 1.92. The van der Waals surface area contributed by atoms with Crippen LogP contribution in [0.1, 0.15) is 5.89 Å². The molecule has 0 radical (unpaired) electrons. The fourth-order valence-electron chi connectivity index (χ4n) is 0.681. The van der Waals surface area contributed by atoms with Gasteiger partial charge in [0.1, 0.15) is 0 Å². The number of rotatable bonds is 6. The zero-order valence-electron chi connectivity index (χ0n) is 7.33. The summed E-state index contributed by atoms with van der Waals surface area (Å²) < 4.78 is 10.3. The van der Waals surface area contributed by atoms with Gasteiger partial charge in [-0.1, -0.05) is 11.8 Å². The molecule has 6 heteroatoms. The molecule has 4 nitrogen and oxygen atoms in total. The lowest BCUT2D eigenvalue weighted by Crippen LogP contribution is -1.99. The van der Waals surface area contributed by atoms with Crippen LogP contribution in [-0.4, -0.2) is 35.0 Å². The van der Waals surface area contributed by atoms with E-state index in [2.05, 4.69) is 10.2 Å². The van der Waals surface area contributed by atoms with Gasteiger partial charge in [0.25, 0.3) is 5.22 Å². The summed E-state index contributed by atoms with van der Waals surface area (Å²) in [4.78, 5) is 0. The summed E-state index contributed by atoms with van der Waals surface area (Å²) in [7, 11) is 0. The van der Waals surface area contributed by atoms with E-state index < -0.39 is 0 Å². The normalized spacial score (nSPS) is 10.6. The third-order valence-corrected chi connectivity index (χ3v) is 2.12. The van der Waals surface area contributed by atoms with E-state index >= 15 is 0 Å². The molecule has 0 aliphatic rings. The lowest BCUT2D eigenvalue weighted by molar-refractivity contribution is 0.166. The van der Waals surface area contributed by atoms with Gasteiger partial charge >= 0.3 is 0 Å². The van der Waals surface area contributed by atoms with E-state index in [1.165, 1.54) is 11.8 Å². The van der Waals surface area contributed by atoms with Crippen molar-refractivity contribution in [3.05, 3.63) is 5.89 Å². The van der Waals surface area contributed by atoms with Crippen molar-refractivity contribution >= 4 is 23.4 Å². The number of alkyl halides is 1. The Morgan fingerprint density at radius 3 is 2.92 bits per heavy atom. The fourth-order valence-corrected chi connectivity index (χ4v) is 1.44. The predicted molar refractivity (Wildman–Crippen MR) is 51.3 cm³/mol. The molecule has 74 valence electrons. The van der Waals surface area contributed by atoms with Crippen molar-refractivity contribution in [2.24, 2.45) is 0 Å². The Balaban J connectivity index is 2.06. The van der Waals surface area contributed by atoms with Crippen molar-refractivity contribution in [3.63, 3.8) is 0 Å². The van der Waals surface area contributed by atoms with Crippen molar-refractivity contribution in [1.29, 1.82) is 0 Å². The van der Waals surface area contributed by atoms with E-state index in [9.17, 15) is 0 Å². The molecule has 0 amide bonds. The van der Waals surface area contributed by atoms with Crippen LogP contribution in [0.4, 0.5) is 0 Å². The largest absolute Gasteiger partial charge is 0.416 e. The second kappa shape index (κ2) is 6.23. The van der Waals surface area contributed by atoms with E-state index in [4.69, 9.17) is 20.8 Å². The minimum absolute atomic E-state index is 0.532. The molecule has 0 unspecified atom stereocenters. The highest BCUT2D eigenvalue weighted by Gasteiger charge is 2.01. The quantitative estimate of drug-likeness (QED) is 0.417. The SMILES string of the molecule is Cc1nnc(SCCOCCCl)o1. The van der Waals surface area contributed by atoms with Gasteiger partial charge in [-0.2, -0.15) is 0 Å². The lowest BCUT2D eigenvalue weighted by atomic mass is 10.8. The zero-order chi connectivity index (χ0) is 9.52. The third kappa shape index (κ3) is 4.50. The van der Waals surface area contributed by atoms with Gasteiger partial charge in [0.15, 0.2) is 0 Å². The van der Waals surface area contributed by atoms with Gasteiger partial charge in [0.2, 0.25) is 5.89 Å².